The fourth-order valence-electron chi connectivity index (χ4n) is 1.15. The fraction of sp³-hybridized carbons (Fsp3) is 0.400. The summed E-state index contributed by atoms with van der Waals surface area (Å²) in [6, 6.07) is 3.34. The lowest BCUT2D eigenvalue weighted by Gasteiger charge is -2.16. The van der Waals surface area contributed by atoms with Crippen LogP contribution in [0, 0.1) is 0 Å². The number of carbonyl (C=O) groups is 2. The van der Waals surface area contributed by atoms with Crippen LogP contribution in [0.25, 0.3) is 0 Å². The quantitative estimate of drug-likeness (QED) is 0.864. The van der Waals surface area contributed by atoms with Gasteiger partial charge >= 0.3 is 12.0 Å². The highest BCUT2D eigenvalue weighted by molar-refractivity contribution is 7.16. The van der Waals surface area contributed by atoms with Crippen LogP contribution in [-0.2, 0) is 11.3 Å². The molecule has 0 bridgehead atoms. The molecule has 0 aliphatic carbocycles. The number of hydrogen-bond donors (Lipinski definition) is 2. The first-order valence-electron chi connectivity index (χ1n) is 4.94. The van der Waals surface area contributed by atoms with Crippen molar-refractivity contribution in [3.05, 3.63) is 21.3 Å². The molecule has 0 aliphatic heterocycles. The summed E-state index contributed by atoms with van der Waals surface area (Å²) in [5, 5.41) is 10.9. The van der Waals surface area contributed by atoms with Crippen molar-refractivity contribution < 1.29 is 14.7 Å². The zero-order valence-electron chi connectivity index (χ0n) is 9.27. The molecule has 2 N–H and O–H groups in total. The zero-order chi connectivity index (χ0) is 12.8. The lowest BCUT2D eigenvalue weighted by molar-refractivity contribution is -0.136. The van der Waals surface area contributed by atoms with E-state index in [0.29, 0.717) is 10.9 Å². The highest BCUT2D eigenvalue weighted by Gasteiger charge is 2.10. The number of hydrogen-bond acceptors (Lipinski definition) is 3. The van der Waals surface area contributed by atoms with E-state index in [1.807, 2.05) is 6.07 Å². The number of urea groups is 1. The number of rotatable bonds is 5. The predicted octanol–water partition coefficient (Wildman–Crippen LogP) is 2.02. The monoisotopic (exact) mass is 276 g/mol. The molecule has 0 aliphatic rings. The Morgan fingerprint density at radius 3 is 2.76 bits per heavy atom. The Morgan fingerprint density at radius 1 is 1.53 bits per heavy atom. The van der Waals surface area contributed by atoms with Gasteiger partial charge in [-0.3, -0.25) is 4.79 Å². The van der Waals surface area contributed by atoms with Gasteiger partial charge in [-0.2, -0.15) is 0 Å². The summed E-state index contributed by atoms with van der Waals surface area (Å²) >= 11 is 7.19. The topological polar surface area (TPSA) is 69.6 Å². The number of amides is 2. The van der Waals surface area contributed by atoms with Gasteiger partial charge in [0.05, 0.1) is 17.3 Å². The maximum atomic E-state index is 11.5. The SMILES string of the molecule is CN(Cc1ccc(Cl)s1)C(=O)NCCC(=O)O. The molecule has 0 atom stereocenters. The molecule has 1 aromatic heterocycles. The number of carbonyl (C=O) groups excluding carboxylic acids is 1. The van der Waals surface area contributed by atoms with E-state index in [9.17, 15) is 9.59 Å². The Labute approximate surface area is 108 Å². The van der Waals surface area contributed by atoms with Crippen LogP contribution < -0.4 is 5.32 Å². The second-order valence-electron chi connectivity index (χ2n) is 3.44. The molecule has 2 amide bonds. The van der Waals surface area contributed by atoms with E-state index >= 15 is 0 Å². The molecule has 5 nitrogen and oxygen atoms in total. The van der Waals surface area contributed by atoms with Crippen molar-refractivity contribution in [2.75, 3.05) is 13.6 Å². The minimum Gasteiger partial charge on any atom is -0.481 e. The maximum Gasteiger partial charge on any atom is 0.317 e. The third-order valence-electron chi connectivity index (χ3n) is 1.98. The number of halogens is 1. The minimum absolute atomic E-state index is 0.0790. The number of carboxylic acids is 1. The fourth-order valence-corrected chi connectivity index (χ4v) is 2.29. The molecular weight excluding hydrogens is 264 g/mol. The van der Waals surface area contributed by atoms with Gasteiger partial charge in [0.15, 0.2) is 0 Å². The molecule has 0 radical (unpaired) electrons. The van der Waals surface area contributed by atoms with Gasteiger partial charge in [0.2, 0.25) is 0 Å². The number of nitrogens with zero attached hydrogens (tertiary/aromatic N) is 1. The van der Waals surface area contributed by atoms with Gasteiger partial charge in [-0.25, -0.2) is 4.79 Å². The van der Waals surface area contributed by atoms with Crippen molar-refractivity contribution in [1.29, 1.82) is 0 Å². The second-order valence-corrected chi connectivity index (χ2v) is 5.24. The van der Waals surface area contributed by atoms with Crippen LogP contribution in [0.3, 0.4) is 0 Å². The van der Waals surface area contributed by atoms with Crippen molar-refractivity contribution in [3.8, 4) is 0 Å². The zero-order valence-corrected chi connectivity index (χ0v) is 10.8. The highest BCUT2D eigenvalue weighted by Crippen LogP contribution is 2.22. The van der Waals surface area contributed by atoms with Gasteiger partial charge < -0.3 is 15.3 Å². The molecule has 7 heteroatoms. The van der Waals surface area contributed by atoms with Gasteiger partial charge in [0.25, 0.3) is 0 Å². The third-order valence-corrected chi connectivity index (χ3v) is 3.20. The molecule has 0 aromatic carbocycles. The highest BCUT2D eigenvalue weighted by atomic mass is 35.5. The van der Waals surface area contributed by atoms with Crippen molar-refractivity contribution in [1.82, 2.24) is 10.2 Å². The first-order valence-corrected chi connectivity index (χ1v) is 6.13. The van der Waals surface area contributed by atoms with E-state index < -0.39 is 5.97 Å². The number of thiophene rings is 1. The molecule has 0 saturated heterocycles. The number of aliphatic carboxylic acids is 1. The van der Waals surface area contributed by atoms with Crippen LogP contribution in [0.15, 0.2) is 12.1 Å². The predicted molar refractivity (Wildman–Crippen MR) is 66.4 cm³/mol. The van der Waals surface area contributed by atoms with Gasteiger partial charge in [-0.1, -0.05) is 11.6 Å². The van der Waals surface area contributed by atoms with Crippen LogP contribution in [0.4, 0.5) is 4.79 Å². The second kappa shape index (κ2) is 6.46. The smallest absolute Gasteiger partial charge is 0.317 e. The molecule has 1 rings (SSSR count). The Kier molecular flexibility index (Phi) is 5.24. The van der Waals surface area contributed by atoms with Crippen LogP contribution in [0.5, 0.6) is 0 Å². The summed E-state index contributed by atoms with van der Waals surface area (Å²) in [6.07, 6.45) is -0.0790. The normalized spacial score (nSPS) is 10.0. The van der Waals surface area contributed by atoms with E-state index in [-0.39, 0.29) is 19.0 Å². The van der Waals surface area contributed by atoms with E-state index in [1.165, 1.54) is 16.2 Å². The van der Waals surface area contributed by atoms with Crippen molar-refractivity contribution in [3.63, 3.8) is 0 Å². The van der Waals surface area contributed by atoms with Crippen LogP contribution >= 0.6 is 22.9 Å². The molecule has 17 heavy (non-hydrogen) atoms. The molecule has 0 saturated carbocycles. The Hall–Kier alpha value is -1.27. The molecule has 0 fully saturated rings. The Morgan fingerprint density at radius 2 is 2.24 bits per heavy atom. The molecule has 0 unspecified atom stereocenters. The summed E-state index contributed by atoms with van der Waals surface area (Å²) < 4.78 is 0.680. The van der Waals surface area contributed by atoms with E-state index in [0.717, 1.165) is 4.88 Å². The van der Waals surface area contributed by atoms with Gasteiger partial charge in [0.1, 0.15) is 0 Å². The molecule has 1 heterocycles. The average molecular weight is 277 g/mol. The maximum absolute atomic E-state index is 11.5. The summed E-state index contributed by atoms with van der Waals surface area (Å²) in [5.41, 5.74) is 0. The summed E-state index contributed by atoms with van der Waals surface area (Å²) in [5.74, 6) is -0.932. The van der Waals surface area contributed by atoms with Crippen molar-refractivity contribution in [2.24, 2.45) is 0 Å². The summed E-state index contributed by atoms with van der Waals surface area (Å²) in [6.45, 7) is 0.583. The van der Waals surface area contributed by atoms with E-state index in [1.54, 1.807) is 13.1 Å². The molecule has 1 aromatic rings. The average Bonchev–Trinajstić information content (AvgIpc) is 2.63. The van der Waals surface area contributed by atoms with Gasteiger partial charge in [-0.15, -0.1) is 11.3 Å². The number of nitrogens with one attached hydrogen (secondary N) is 1. The van der Waals surface area contributed by atoms with Crippen LogP contribution in [0.2, 0.25) is 4.34 Å². The Balaban J connectivity index is 2.34. The minimum atomic E-state index is -0.932. The molecule has 94 valence electrons. The van der Waals surface area contributed by atoms with Crippen LogP contribution in [0.1, 0.15) is 11.3 Å². The Bertz CT molecular complexity index is 408. The lowest BCUT2D eigenvalue weighted by Crippen LogP contribution is -2.37. The number of carboxylic acid groups (broad SMARTS) is 1. The summed E-state index contributed by atoms with van der Waals surface area (Å²) in [4.78, 5) is 24.2. The third kappa shape index (κ3) is 5.06. The largest absolute Gasteiger partial charge is 0.481 e. The van der Waals surface area contributed by atoms with Crippen molar-refractivity contribution >= 4 is 34.9 Å². The molecule has 0 spiro atoms. The lowest BCUT2D eigenvalue weighted by atomic mass is 10.4. The first kappa shape index (κ1) is 13.8. The van der Waals surface area contributed by atoms with Gasteiger partial charge in [0, 0.05) is 18.5 Å². The van der Waals surface area contributed by atoms with Gasteiger partial charge in [-0.05, 0) is 12.1 Å². The first-order chi connectivity index (χ1) is 7.99. The van der Waals surface area contributed by atoms with Crippen molar-refractivity contribution in [2.45, 2.75) is 13.0 Å². The summed E-state index contributed by atoms with van der Waals surface area (Å²) in [7, 11) is 1.64. The molecular formula is C10H13ClN2O3S. The van der Waals surface area contributed by atoms with E-state index in [2.05, 4.69) is 5.32 Å². The standard InChI is InChI=1S/C10H13ClN2O3S/c1-13(6-7-2-3-8(11)17-7)10(16)12-5-4-9(14)15/h2-3H,4-6H2,1H3,(H,12,16)(H,14,15). The van der Waals surface area contributed by atoms with E-state index in [4.69, 9.17) is 16.7 Å². The van der Waals surface area contributed by atoms with Crippen LogP contribution in [-0.4, -0.2) is 35.6 Å².